The smallest absolute Gasteiger partial charge is 0.391 e. The number of rotatable bonds is 29. The van der Waals surface area contributed by atoms with E-state index in [0.29, 0.717) is 12.8 Å². The van der Waals surface area contributed by atoms with Crippen molar-refractivity contribution in [2.75, 3.05) is 6.61 Å². The number of carbonyl (C=O) groups is 1. The number of unbranched alkanes of at least 4 members (excludes halogenated alkanes) is 20. The Morgan fingerprint density at radius 3 is 1.42 bits per heavy atom. The lowest BCUT2D eigenvalue weighted by molar-refractivity contribution is -0.123. The molecule has 0 heterocycles. The SMILES string of the molecule is CCCCCCCCCCCCCCC[C@@H](O)[C@H](COP(=O)(O)O)NC(=O)CCCCCCCCCCC. The van der Waals surface area contributed by atoms with Crippen LogP contribution in [-0.4, -0.2) is 39.6 Å². The Morgan fingerprint density at radius 2 is 1.03 bits per heavy atom. The second-order valence-electron chi connectivity index (χ2n) is 11.1. The summed E-state index contributed by atoms with van der Waals surface area (Å²) in [5.74, 6) is -0.198. The van der Waals surface area contributed by atoms with Gasteiger partial charge in [0.1, 0.15) is 0 Å². The van der Waals surface area contributed by atoms with Crippen LogP contribution in [0.25, 0.3) is 0 Å². The zero-order valence-electron chi connectivity index (χ0n) is 24.8. The summed E-state index contributed by atoms with van der Waals surface area (Å²) in [7, 11) is -4.67. The molecule has 38 heavy (non-hydrogen) atoms. The van der Waals surface area contributed by atoms with Crippen molar-refractivity contribution in [2.24, 2.45) is 0 Å². The predicted octanol–water partition coefficient (Wildman–Crippen LogP) is 8.34. The van der Waals surface area contributed by atoms with Gasteiger partial charge in [-0.2, -0.15) is 0 Å². The molecule has 0 radical (unpaired) electrons. The summed E-state index contributed by atoms with van der Waals surface area (Å²) in [6.45, 7) is 4.07. The molecule has 0 aromatic carbocycles. The molecule has 2 atom stereocenters. The Hall–Kier alpha value is -0.460. The molecule has 0 bridgehead atoms. The van der Waals surface area contributed by atoms with E-state index < -0.39 is 26.6 Å². The molecule has 7 nitrogen and oxygen atoms in total. The maximum absolute atomic E-state index is 12.4. The van der Waals surface area contributed by atoms with E-state index >= 15 is 0 Å². The van der Waals surface area contributed by atoms with Crippen LogP contribution in [0, 0.1) is 0 Å². The van der Waals surface area contributed by atoms with Crippen LogP contribution in [0.2, 0.25) is 0 Å². The fraction of sp³-hybridized carbons (Fsp3) is 0.967. The second-order valence-corrected chi connectivity index (χ2v) is 12.4. The Balaban J connectivity index is 4.04. The van der Waals surface area contributed by atoms with E-state index in [2.05, 4.69) is 23.7 Å². The topological polar surface area (TPSA) is 116 Å². The molecule has 0 aliphatic heterocycles. The van der Waals surface area contributed by atoms with Crippen LogP contribution in [0.5, 0.6) is 0 Å². The fourth-order valence-corrected chi connectivity index (χ4v) is 5.23. The minimum Gasteiger partial charge on any atom is -0.391 e. The fourth-order valence-electron chi connectivity index (χ4n) is 4.87. The Bertz CT molecular complexity index is 571. The maximum atomic E-state index is 12.4. The molecule has 0 fully saturated rings. The standard InChI is InChI=1S/C30H62NO6P/c1-3-5-7-9-11-13-14-15-16-18-19-21-23-25-29(32)28(27-37-38(34,35)36)31-30(33)26-24-22-20-17-12-10-8-6-4-2/h28-29,32H,3-27H2,1-2H3,(H,31,33)(H2,34,35,36)/t28-,29+/m0/s1. The molecule has 0 rings (SSSR count). The van der Waals surface area contributed by atoms with Crippen LogP contribution in [-0.2, 0) is 13.9 Å². The van der Waals surface area contributed by atoms with E-state index in [4.69, 9.17) is 9.79 Å². The molecule has 8 heteroatoms. The van der Waals surface area contributed by atoms with Crippen molar-refractivity contribution in [3.63, 3.8) is 0 Å². The molecule has 0 aromatic rings. The van der Waals surface area contributed by atoms with Crippen LogP contribution in [0.15, 0.2) is 0 Å². The summed E-state index contributed by atoms with van der Waals surface area (Å²) in [6, 6.07) is -0.814. The Morgan fingerprint density at radius 1 is 0.658 bits per heavy atom. The number of hydrogen-bond donors (Lipinski definition) is 4. The molecule has 0 aliphatic carbocycles. The average molecular weight is 564 g/mol. The van der Waals surface area contributed by atoms with Crippen molar-refractivity contribution in [3.8, 4) is 0 Å². The Kier molecular flexibility index (Phi) is 26.4. The van der Waals surface area contributed by atoms with Crippen molar-refractivity contribution in [1.82, 2.24) is 5.32 Å². The summed E-state index contributed by atoms with van der Waals surface area (Å²) in [5, 5.41) is 13.4. The molecular weight excluding hydrogens is 501 g/mol. The van der Waals surface area contributed by atoms with Crippen molar-refractivity contribution < 1.29 is 28.8 Å². The van der Waals surface area contributed by atoms with E-state index in [0.717, 1.165) is 38.5 Å². The highest BCUT2D eigenvalue weighted by atomic mass is 31.2. The molecule has 0 saturated heterocycles. The third-order valence-corrected chi connectivity index (χ3v) is 7.83. The van der Waals surface area contributed by atoms with Gasteiger partial charge in [-0.05, 0) is 12.8 Å². The zero-order valence-corrected chi connectivity index (χ0v) is 25.7. The summed E-state index contributed by atoms with van der Waals surface area (Å²) in [6.07, 6.45) is 26.6. The van der Waals surface area contributed by atoms with E-state index in [1.807, 2.05) is 0 Å². The summed E-state index contributed by atoms with van der Waals surface area (Å²) in [5.41, 5.74) is 0. The lowest BCUT2D eigenvalue weighted by Crippen LogP contribution is -2.46. The third-order valence-electron chi connectivity index (χ3n) is 7.34. The van der Waals surface area contributed by atoms with Gasteiger partial charge in [-0.15, -0.1) is 0 Å². The number of phosphoric ester groups is 1. The van der Waals surface area contributed by atoms with Gasteiger partial charge < -0.3 is 20.2 Å². The average Bonchev–Trinajstić information content (AvgIpc) is 2.87. The van der Waals surface area contributed by atoms with Crippen molar-refractivity contribution in [1.29, 1.82) is 0 Å². The highest BCUT2D eigenvalue weighted by Gasteiger charge is 2.25. The van der Waals surface area contributed by atoms with E-state index in [-0.39, 0.29) is 5.91 Å². The normalized spacial score (nSPS) is 13.5. The van der Waals surface area contributed by atoms with Crippen LogP contribution in [0.3, 0.4) is 0 Å². The largest absolute Gasteiger partial charge is 0.469 e. The van der Waals surface area contributed by atoms with Gasteiger partial charge in [0.2, 0.25) is 5.91 Å². The minimum absolute atomic E-state index is 0.198. The molecular formula is C30H62NO6P. The molecule has 0 aliphatic rings. The van der Waals surface area contributed by atoms with Crippen LogP contribution >= 0.6 is 7.82 Å². The molecule has 1 amide bonds. The predicted molar refractivity (Wildman–Crippen MR) is 158 cm³/mol. The van der Waals surface area contributed by atoms with Crippen molar-refractivity contribution in [3.05, 3.63) is 0 Å². The lowest BCUT2D eigenvalue weighted by atomic mass is 10.0. The van der Waals surface area contributed by atoms with Gasteiger partial charge in [-0.25, -0.2) is 4.57 Å². The summed E-state index contributed by atoms with van der Waals surface area (Å²) < 4.78 is 15.8. The number of carbonyl (C=O) groups excluding carboxylic acids is 1. The summed E-state index contributed by atoms with van der Waals surface area (Å²) >= 11 is 0. The first-order chi connectivity index (χ1) is 18.3. The zero-order chi connectivity index (χ0) is 28.3. The number of nitrogens with one attached hydrogen (secondary N) is 1. The first-order valence-electron chi connectivity index (χ1n) is 16.0. The number of aliphatic hydroxyl groups is 1. The molecule has 0 unspecified atom stereocenters. The highest BCUT2D eigenvalue weighted by Crippen LogP contribution is 2.36. The first-order valence-corrected chi connectivity index (χ1v) is 17.5. The minimum atomic E-state index is -4.67. The molecule has 0 aromatic heterocycles. The monoisotopic (exact) mass is 563 g/mol. The van der Waals surface area contributed by atoms with Crippen molar-refractivity contribution in [2.45, 2.75) is 180 Å². The maximum Gasteiger partial charge on any atom is 0.469 e. The van der Waals surface area contributed by atoms with Gasteiger partial charge >= 0.3 is 7.82 Å². The number of hydrogen-bond acceptors (Lipinski definition) is 4. The van der Waals surface area contributed by atoms with E-state index in [1.165, 1.54) is 103 Å². The van der Waals surface area contributed by atoms with Crippen LogP contribution < -0.4 is 5.32 Å². The van der Waals surface area contributed by atoms with Gasteiger partial charge in [0.15, 0.2) is 0 Å². The molecule has 228 valence electrons. The van der Waals surface area contributed by atoms with E-state index in [9.17, 15) is 14.5 Å². The second kappa shape index (κ2) is 26.7. The van der Waals surface area contributed by atoms with Gasteiger partial charge in [0, 0.05) is 6.42 Å². The van der Waals surface area contributed by atoms with Crippen molar-refractivity contribution >= 4 is 13.7 Å². The Labute approximate surface area is 234 Å². The lowest BCUT2D eigenvalue weighted by Gasteiger charge is -2.24. The number of phosphoric acid groups is 1. The van der Waals surface area contributed by atoms with Gasteiger partial charge in [-0.3, -0.25) is 9.32 Å². The number of aliphatic hydroxyl groups excluding tert-OH is 1. The summed E-state index contributed by atoms with van der Waals surface area (Å²) in [4.78, 5) is 30.5. The molecule has 0 spiro atoms. The van der Waals surface area contributed by atoms with Crippen LogP contribution in [0.1, 0.15) is 168 Å². The van der Waals surface area contributed by atoms with E-state index in [1.54, 1.807) is 0 Å². The van der Waals surface area contributed by atoms with Gasteiger partial charge in [0.25, 0.3) is 0 Å². The third kappa shape index (κ3) is 27.1. The quantitative estimate of drug-likeness (QED) is 0.0537. The first kappa shape index (κ1) is 37.5. The molecule has 4 N–H and O–H groups in total. The molecule has 0 saturated carbocycles. The van der Waals surface area contributed by atoms with Crippen LogP contribution in [0.4, 0.5) is 0 Å². The van der Waals surface area contributed by atoms with Gasteiger partial charge in [-0.1, -0.05) is 149 Å². The number of amides is 1. The van der Waals surface area contributed by atoms with Gasteiger partial charge in [0.05, 0.1) is 18.8 Å². The highest BCUT2D eigenvalue weighted by molar-refractivity contribution is 7.46.